The first kappa shape index (κ1) is 26.2. The van der Waals surface area contributed by atoms with Crippen LogP contribution in [0.3, 0.4) is 0 Å². The van der Waals surface area contributed by atoms with Gasteiger partial charge in [0.05, 0.1) is 18.1 Å². The second-order valence-electron chi connectivity index (χ2n) is 8.42. The molecule has 0 aliphatic carbocycles. The van der Waals surface area contributed by atoms with Gasteiger partial charge in [0, 0.05) is 29.4 Å². The maximum atomic E-state index is 12.5. The number of hydrogen-bond donors (Lipinski definition) is 1. The van der Waals surface area contributed by atoms with E-state index in [0.29, 0.717) is 28.6 Å². The Balaban J connectivity index is 1.48. The fourth-order valence-corrected chi connectivity index (χ4v) is 3.80. The summed E-state index contributed by atoms with van der Waals surface area (Å²) >= 11 is 6.05. The van der Waals surface area contributed by atoms with Crippen molar-refractivity contribution < 1.29 is 28.7 Å². The minimum Gasteiger partial charge on any atom is -0.462 e. The zero-order valence-corrected chi connectivity index (χ0v) is 20.6. The van der Waals surface area contributed by atoms with Gasteiger partial charge in [-0.05, 0) is 55.3 Å². The zero-order chi connectivity index (χ0) is 25.4. The number of anilines is 2. The molecule has 1 aliphatic rings. The highest BCUT2D eigenvalue weighted by molar-refractivity contribution is 6.31. The summed E-state index contributed by atoms with van der Waals surface area (Å²) in [7, 11) is 0. The molecule has 8 nitrogen and oxygen atoms in total. The molecule has 186 valence electrons. The highest BCUT2D eigenvalue weighted by Crippen LogP contribution is 2.26. The molecule has 3 rings (SSSR count). The van der Waals surface area contributed by atoms with Gasteiger partial charge in [0.1, 0.15) is 0 Å². The molecule has 0 radical (unpaired) electrons. The van der Waals surface area contributed by atoms with Gasteiger partial charge in [-0.3, -0.25) is 14.4 Å². The molecule has 0 saturated carbocycles. The third kappa shape index (κ3) is 7.29. The second kappa shape index (κ2) is 12.4. The van der Waals surface area contributed by atoms with Crippen LogP contribution in [0.5, 0.6) is 0 Å². The molecule has 1 fully saturated rings. The Labute approximate surface area is 209 Å². The molecule has 35 heavy (non-hydrogen) atoms. The summed E-state index contributed by atoms with van der Waals surface area (Å²) in [4.78, 5) is 50.6. The van der Waals surface area contributed by atoms with Crippen LogP contribution < -0.4 is 10.2 Å². The molecule has 0 unspecified atom stereocenters. The smallest absolute Gasteiger partial charge is 0.338 e. The van der Waals surface area contributed by atoms with Gasteiger partial charge in [-0.1, -0.05) is 37.4 Å². The highest BCUT2D eigenvalue weighted by Gasteiger charge is 2.36. The molecule has 1 saturated heterocycles. The van der Waals surface area contributed by atoms with E-state index in [0.717, 1.165) is 24.8 Å². The van der Waals surface area contributed by atoms with E-state index in [-0.39, 0.29) is 18.9 Å². The fourth-order valence-electron chi connectivity index (χ4n) is 3.61. The van der Waals surface area contributed by atoms with E-state index >= 15 is 0 Å². The van der Waals surface area contributed by atoms with Gasteiger partial charge in [-0.2, -0.15) is 0 Å². The number of rotatable bonds is 10. The van der Waals surface area contributed by atoms with Gasteiger partial charge in [0.2, 0.25) is 5.91 Å². The fraction of sp³-hybridized carbons (Fsp3) is 0.385. The van der Waals surface area contributed by atoms with E-state index in [1.807, 2.05) is 6.92 Å². The van der Waals surface area contributed by atoms with Crippen molar-refractivity contribution in [1.82, 2.24) is 0 Å². The number of esters is 2. The molecule has 2 aromatic carbocycles. The first-order chi connectivity index (χ1) is 16.8. The van der Waals surface area contributed by atoms with Crippen molar-refractivity contribution in [3.8, 4) is 0 Å². The Morgan fingerprint density at radius 2 is 1.83 bits per heavy atom. The summed E-state index contributed by atoms with van der Waals surface area (Å²) in [6.45, 7) is 3.96. The van der Waals surface area contributed by atoms with Gasteiger partial charge in [-0.25, -0.2) is 4.79 Å². The first-order valence-electron chi connectivity index (χ1n) is 11.6. The minimum absolute atomic E-state index is 0.0186. The normalized spacial score (nSPS) is 15.1. The molecule has 1 N–H and O–H groups in total. The first-order valence-corrected chi connectivity index (χ1v) is 12.0. The van der Waals surface area contributed by atoms with Crippen molar-refractivity contribution in [2.75, 3.05) is 30.0 Å². The van der Waals surface area contributed by atoms with Gasteiger partial charge in [0.25, 0.3) is 5.91 Å². The van der Waals surface area contributed by atoms with Crippen LogP contribution in [-0.4, -0.2) is 43.5 Å². The number of amides is 2. The van der Waals surface area contributed by atoms with Crippen molar-refractivity contribution in [2.45, 2.75) is 39.5 Å². The average molecular weight is 501 g/mol. The number of unbranched alkanes of at least 4 members (excludes halogenated alkanes) is 2. The maximum absolute atomic E-state index is 12.5. The molecule has 2 aromatic rings. The number of nitrogens with zero attached hydrogens (tertiary/aromatic N) is 1. The summed E-state index contributed by atoms with van der Waals surface area (Å²) < 4.78 is 10.4. The van der Waals surface area contributed by atoms with Crippen molar-refractivity contribution in [2.24, 2.45) is 5.92 Å². The Morgan fingerprint density at radius 1 is 1.09 bits per heavy atom. The summed E-state index contributed by atoms with van der Waals surface area (Å²) in [5, 5.41) is 3.13. The van der Waals surface area contributed by atoms with E-state index in [1.165, 1.54) is 4.90 Å². The van der Waals surface area contributed by atoms with E-state index in [1.54, 1.807) is 42.5 Å². The molecule has 1 atom stereocenters. The second-order valence-corrected chi connectivity index (χ2v) is 8.82. The number of carbonyl (C=O) groups is 4. The van der Waals surface area contributed by atoms with Crippen LogP contribution in [0.1, 0.15) is 48.5 Å². The van der Waals surface area contributed by atoms with E-state index < -0.39 is 30.4 Å². The largest absolute Gasteiger partial charge is 0.462 e. The Bertz CT molecular complexity index is 1090. The topological polar surface area (TPSA) is 102 Å². The van der Waals surface area contributed by atoms with Crippen LogP contribution in [-0.2, 0) is 23.9 Å². The Hall–Kier alpha value is -3.39. The van der Waals surface area contributed by atoms with Gasteiger partial charge < -0.3 is 19.7 Å². The maximum Gasteiger partial charge on any atom is 0.338 e. The quantitative estimate of drug-likeness (QED) is 0.380. The van der Waals surface area contributed by atoms with Crippen molar-refractivity contribution in [3.05, 3.63) is 58.6 Å². The number of aryl methyl sites for hydroxylation is 1. The number of carbonyl (C=O) groups excluding carboxylic acids is 4. The number of ether oxygens (including phenoxy) is 2. The number of nitrogens with one attached hydrogen (secondary N) is 1. The summed E-state index contributed by atoms with van der Waals surface area (Å²) in [5.74, 6) is -2.46. The third-order valence-electron chi connectivity index (χ3n) is 5.66. The standard InChI is InChI=1S/C26H29ClN2O6/c1-3-4-5-12-34-25(32)18-7-10-21(11-8-18)29-15-19(13-24(29)31)26(33)35-16-23(30)28-20-9-6-17(2)22(27)14-20/h6-11,14,19H,3-5,12-13,15-16H2,1-2H3,(H,28,30)/t19-/m0/s1. The molecule has 0 spiro atoms. The lowest BCUT2D eigenvalue weighted by molar-refractivity contribution is -0.151. The predicted molar refractivity (Wildman–Crippen MR) is 132 cm³/mol. The molecular weight excluding hydrogens is 472 g/mol. The van der Waals surface area contributed by atoms with Crippen molar-refractivity contribution >= 4 is 46.7 Å². The van der Waals surface area contributed by atoms with Gasteiger partial charge >= 0.3 is 11.9 Å². The van der Waals surface area contributed by atoms with Crippen LogP contribution >= 0.6 is 11.6 Å². The lowest BCUT2D eigenvalue weighted by atomic mass is 10.1. The SMILES string of the molecule is CCCCCOC(=O)c1ccc(N2C[C@@H](C(=O)OCC(=O)Nc3ccc(C)c(Cl)c3)CC2=O)cc1. The third-order valence-corrected chi connectivity index (χ3v) is 6.06. The van der Waals surface area contributed by atoms with E-state index in [9.17, 15) is 19.2 Å². The Morgan fingerprint density at radius 3 is 2.51 bits per heavy atom. The molecular formula is C26H29ClN2O6. The molecule has 1 aliphatic heterocycles. The molecule has 9 heteroatoms. The molecule has 0 aromatic heterocycles. The van der Waals surface area contributed by atoms with Crippen LogP contribution in [0.25, 0.3) is 0 Å². The minimum atomic E-state index is -0.688. The van der Waals surface area contributed by atoms with Crippen LogP contribution in [0.15, 0.2) is 42.5 Å². The molecule has 1 heterocycles. The zero-order valence-electron chi connectivity index (χ0n) is 19.8. The van der Waals surface area contributed by atoms with Crippen molar-refractivity contribution in [3.63, 3.8) is 0 Å². The lowest BCUT2D eigenvalue weighted by Gasteiger charge is -2.17. The van der Waals surface area contributed by atoms with Crippen LogP contribution in [0, 0.1) is 12.8 Å². The Kier molecular flexibility index (Phi) is 9.25. The number of halogens is 1. The van der Waals surface area contributed by atoms with Crippen molar-refractivity contribution in [1.29, 1.82) is 0 Å². The van der Waals surface area contributed by atoms with E-state index in [2.05, 4.69) is 12.2 Å². The number of hydrogen-bond acceptors (Lipinski definition) is 6. The van der Waals surface area contributed by atoms with Gasteiger partial charge in [-0.15, -0.1) is 0 Å². The monoisotopic (exact) mass is 500 g/mol. The van der Waals surface area contributed by atoms with Crippen LogP contribution in [0.4, 0.5) is 11.4 Å². The van der Waals surface area contributed by atoms with Gasteiger partial charge in [0.15, 0.2) is 6.61 Å². The summed E-state index contributed by atoms with van der Waals surface area (Å²) in [6.07, 6.45) is 2.84. The average Bonchev–Trinajstić information content (AvgIpc) is 3.24. The predicted octanol–water partition coefficient (Wildman–Crippen LogP) is 4.53. The van der Waals surface area contributed by atoms with E-state index in [4.69, 9.17) is 21.1 Å². The summed E-state index contributed by atoms with van der Waals surface area (Å²) in [6, 6.07) is 11.6. The molecule has 0 bridgehead atoms. The molecule has 2 amide bonds. The lowest BCUT2D eigenvalue weighted by Crippen LogP contribution is -2.28. The van der Waals surface area contributed by atoms with Crippen LogP contribution in [0.2, 0.25) is 5.02 Å². The number of benzene rings is 2. The summed E-state index contributed by atoms with van der Waals surface area (Å²) in [5.41, 5.74) is 2.34. The highest BCUT2D eigenvalue weighted by atomic mass is 35.5.